The minimum absolute atomic E-state index is 0.310. The monoisotopic (exact) mass is 165 g/mol. The van der Waals surface area contributed by atoms with Crippen molar-refractivity contribution in [3.8, 4) is 0 Å². The lowest BCUT2D eigenvalue weighted by Crippen LogP contribution is -2.23. The molecule has 1 aliphatic carbocycles. The molecule has 2 aliphatic rings. The van der Waals surface area contributed by atoms with Crippen LogP contribution in [0.2, 0.25) is 0 Å². The summed E-state index contributed by atoms with van der Waals surface area (Å²) < 4.78 is 0. The molecule has 64 valence electrons. The van der Waals surface area contributed by atoms with E-state index in [4.69, 9.17) is 5.73 Å². The van der Waals surface area contributed by atoms with E-state index in [1.807, 2.05) is 6.08 Å². The van der Waals surface area contributed by atoms with Crippen molar-refractivity contribution >= 4 is 5.91 Å². The van der Waals surface area contributed by atoms with Gasteiger partial charge in [0.2, 0.25) is 5.91 Å². The van der Waals surface area contributed by atoms with E-state index in [1.165, 1.54) is 5.57 Å². The fourth-order valence-corrected chi connectivity index (χ4v) is 1.52. The summed E-state index contributed by atoms with van der Waals surface area (Å²) in [6.45, 7) is 0.873. The van der Waals surface area contributed by atoms with Crippen LogP contribution in [0.3, 0.4) is 0 Å². The summed E-state index contributed by atoms with van der Waals surface area (Å²) in [7, 11) is 0. The molecule has 0 aromatic heterocycles. The Morgan fingerprint density at radius 1 is 1.50 bits per heavy atom. The van der Waals surface area contributed by atoms with Gasteiger partial charge in [0, 0.05) is 17.8 Å². The summed E-state index contributed by atoms with van der Waals surface area (Å²) in [6, 6.07) is 0. The highest BCUT2D eigenvalue weighted by atomic mass is 16.1. The second-order valence-electron chi connectivity index (χ2n) is 3.03. The standard InChI is InChI=1S/C8H11N3O/c9-8(12)5-1-2-6-4-10-11-7(6)3-5/h3,10-11H,1-2,4H2,(H2,9,12). The lowest BCUT2D eigenvalue weighted by molar-refractivity contribution is -0.114. The highest BCUT2D eigenvalue weighted by Gasteiger charge is 2.19. The van der Waals surface area contributed by atoms with Gasteiger partial charge in [-0.05, 0) is 24.5 Å². The Morgan fingerprint density at radius 2 is 2.33 bits per heavy atom. The molecule has 0 fully saturated rings. The number of allylic oxidation sites excluding steroid dienone is 1. The van der Waals surface area contributed by atoms with Gasteiger partial charge in [-0.3, -0.25) is 4.79 Å². The van der Waals surface area contributed by atoms with E-state index in [-0.39, 0.29) is 5.91 Å². The largest absolute Gasteiger partial charge is 0.366 e. The number of nitrogens with two attached hydrogens (primary N) is 1. The number of hydrogen-bond donors (Lipinski definition) is 3. The zero-order chi connectivity index (χ0) is 8.55. The van der Waals surface area contributed by atoms with Gasteiger partial charge in [-0.25, -0.2) is 5.43 Å². The van der Waals surface area contributed by atoms with Gasteiger partial charge in [-0.2, -0.15) is 0 Å². The Hall–Kier alpha value is -1.29. The maximum absolute atomic E-state index is 10.8. The second-order valence-corrected chi connectivity index (χ2v) is 3.03. The molecule has 0 saturated carbocycles. The third kappa shape index (κ3) is 1.10. The lowest BCUT2D eigenvalue weighted by atomic mass is 9.96. The Bertz CT molecular complexity index is 291. The summed E-state index contributed by atoms with van der Waals surface area (Å²) in [6.07, 6.45) is 3.54. The van der Waals surface area contributed by atoms with E-state index in [2.05, 4.69) is 10.9 Å². The maximum atomic E-state index is 10.8. The number of hydrogen-bond acceptors (Lipinski definition) is 3. The van der Waals surface area contributed by atoms with Crippen molar-refractivity contribution in [2.75, 3.05) is 6.54 Å². The minimum atomic E-state index is -0.310. The first-order valence-electron chi connectivity index (χ1n) is 3.98. The number of hydrazine groups is 1. The highest BCUT2D eigenvalue weighted by Crippen LogP contribution is 2.23. The quantitative estimate of drug-likeness (QED) is 0.493. The van der Waals surface area contributed by atoms with E-state index < -0.39 is 0 Å². The molecule has 1 heterocycles. The lowest BCUT2D eigenvalue weighted by Gasteiger charge is -2.11. The molecule has 4 N–H and O–H groups in total. The molecule has 1 amide bonds. The van der Waals surface area contributed by atoms with Crippen molar-refractivity contribution in [2.45, 2.75) is 12.8 Å². The van der Waals surface area contributed by atoms with Crippen LogP contribution in [0.25, 0.3) is 0 Å². The van der Waals surface area contributed by atoms with Gasteiger partial charge in [-0.15, -0.1) is 0 Å². The minimum Gasteiger partial charge on any atom is -0.366 e. The molecule has 0 bridgehead atoms. The van der Waals surface area contributed by atoms with Gasteiger partial charge in [0.05, 0.1) is 0 Å². The fraction of sp³-hybridized carbons (Fsp3) is 0.375. The summed E-state index contributed by atoms with van der Waals surface area (Å²) in [4.78, 5) is 10.8. The van der Waals surface area contributed by atoms with Crippen LogP contribution < -0.4 is 16.6 Å². The molecule has 0 spiro atoms. The van der Waals surface area contributed by atoms with Crippen LogP contribution in [0, 0.1) is 0 Å². The smallest absolute Gasteiger partial charge is 0.244 e. The number of carbonyl (C=O) groups is 1. The fourth-order valence-electron chi connectivity index (χ4n) is 1.52. The van der Waals surface area contributed by atoms with Crippen molar-refractivity contribution in [1.82, 2.24) is 10.9 Å². The zero-order valence-corrected chi connectivity index (χ0v) is 6.68. The molecule has 0 radical (unpaired) electrons. The molecule has 4 nitrogen and oxygen atoms in total. The average Bonchev–Trinajstić information content (AvgIpc) is 2.49. The van der Waals surface area contributed by atoms with Crippen molar-refractivity contribution in [3.63, 3.8) is 0 Å². The Labute approximate surface area is 70.5 Å². The van der Waals surface area contributed by atoms with Crippen LogP contribution in [0.4, 0.5) is 0 Å². The molecule has 0 saturated heterocycles. The van der Waals surface area contributed by atoms with Crippen LogP contribution in [0.15, 0.2) is 22.9 Å². The third-order valence-electron chi connectivity index (χ3n) is 2.24. The first-order chi connectivity index (χ1) is 5.77. The molecule has 12 heavy (non-hydrogen) atoms. The normalized spacial score (nSPS) is 21.5. The van der Waals surface area contributed by atoms with Gasteiger partial charge in [0.1, 0.15) is 0 Å². The van der Waals surface area contributed by atoms with Crippen LogP contribution in [0.1, 0.15) is 12.8 Å². The summed E-state index contributed by atoms with van der Waals surface area (Å²) in [5.41, 5.74) is 14.2. The molecule has 0 aromatic carbocycles. The molecule has 4 heteroatoms. The molecule has 1 aliphatic heterocycles. The van der Waals surface area contributed by atoms with Crippen molar-refractivity contribution in [1.29, 1.82) is 0 Å². The predicted molar refractivity (Wildman–Crippen MR) is 44.7 cm³/mol. The number of primary amides is 1. The topological polar surface area (TPSA) is 67.2 Å². The van der Waals surface area contributed by atoms with E-state index in [1.54, 1.807) is 0 Å². The van der Waals surface area contributed by atoms with Gasteiger partial charge < -0.3 is 11.2 Å². The zero-order valence-electron chi connectivity index (χ0n) is 6.68. The Morgan fingerprint density at radius 3 is 3.08 bits per heavy atom. The first-order valence-corrected chi connectivity index (χ1v) is 3.98. The van der Waals surface area contributed by atoms with Crippen molar-refractivity contribution in [2.24, 2.45) is 5.73 Å². The van der Waals surface area contributed by atoms with Gasteiger partial charge in [0.15, 0.2) is 0 Å². The van der Waals surface area contributed by atoms with Crippen LogP contribution in [-0.4, -0.2) is 12.5 Å². The molecule has 2 rings (SSSR count). The van der Waals surface area contributed by atoms with Crippen molar-refractivity contribution in [3.05, 3.63) is 22.9 Å². The van der Waals surface area contributed by atoms with E-state index in [0.717, 1.165) is 25.1 Å². The number of nitrogens with one attached hydrogen (secondary N) is 2. The predicted octanol–water partition coefficient (Wildman–Crippen LogP) is -0.446. The average molecular weight is 165 g/mol. The van der Waals surface area contributed by atoms with Crippen LogP contribution >= 0.6 is 0 Å². The van der Waals surface area contributed by atoms with Gasteiger partial charge in [-0.1, -0.05) is 0 Å². The molecule has 0 unspecified atom stereocenters. The highest BCUT2D eigenvalue weighted by molar-refractivity contribution is 5.92. The Kier molecular flexibility index (Phi) is 1.62. The summed E-state index contributed by atoms with van der Waals surface area (Å²) >= 11 is 0. The summed E-state index contributed by atoms with van der Waals surface area (Å²) in [5, 5.41) is 0. The molecule has 0 aromatic rings. The maximum Gasteiger partial charge on any atom is 0.244 e. The van der Waals surface area contributed by atoms with E-state index in [0.29, 0.717) is 5.57 Å². The molecular weight excluding hydrogens is 154 g/mol. The van der Waals surface area contributed by atoms with Crippen molar-refractivity contribution < 1.29 is 4.79 Å². The Balaban J connectivity index is 2.26. The second kappa shape index (κ2) is 2.64. The van der Waals surface area contributed by atoms with E-state index in [9.17, 15) is 4.79 Å². The number of amides is 1. The SMILES string of the molecule is NC(=O)C1=CC2=C(CC1)CNN2. The first kappa shape index (κ1) is 7.36. The van der Waals surface area contributed by atoms with Crippen LogP contribution in [-0.2, 0) is 4.79 Å². The third-order valence-corrected chi connectivity index (χ3v) is 2.24. The van der Waals surface area contributed by atoms with Crippen LogP contribution in [0.5, 0.6) is 0 Å². The number of rotatable bonds is 1. The summed E-state index contributed by atoms with van der Waals surface area (Å²) in [5.74, 6) is -0.310. The van der Waals surface area contributed by atoms with E-state index >= 15 is 0 Å². The molecular formula is C8H11N3O. The molecule has 0 atom stereocenters. The van der Waals surface area contributed by atoms with Gasteiger partial charge >= 0.3 is 0 Å². The van der Waals surface area contributed by atoms with Gasteiger partial charge in [0.25, 0.3) is 0 Å². The number of carbonyl (C=O) groups excluding carboxylic acids is 1.